The van der Waals surface area contributed by atoms with Crippen LogP contribution in [0.5, 0.6) is 0 Å². The lowest BCUT2D eigenvalue weighted by atomic mass is 10.2. The van der Waals surface area contributed by atoms with Crippen molar-refractivity contribution < 1.29 is 17.9 Å². The third-order valence-electron chi connectivity index (χ3n) is 3.88. The van der Waals surface area contributed by atoms with Gasteiger partial charge in [-0.25, -0.2) is 8.42 Å². The van der Waals surface area contributed by atoms with Gasteiger partial charge in [-0.2, -0.15) is 0 Å². The van der Waals surface area contributed by atoms with Crippen LogP contribution in [0.1, 0.15) is 25.7 Å². The average molecular weight is 304 g/mol. The van der Waals surface area contributed by atoms with Gasteiger partial charge in [0.05, 0.1) is 18.6 Å². The molecule has 1 atom stereocenters. The summed E-state index contributed by atoms with van der Waals surface area (Å²) in [6.07, 6.45) is 3.59. The third kappa shape index (κ3) is 5.03. The first-order valence-electron chi connectivity index (χ1n) is 7.27. The SMILES string of the molecule is COC(=O)C(CCN1CCCS(=O)(=O)CC1)NC1CC1. The van der Waals surface area contributed by atoms with Crippen molar-refractivity contribution in [1.29, 1.82) is 0 Å². The summed E-state index contributed by atoms with van der Waals surface area (Å²) in [5.41, 5.74) is 0. The zero-order valence-electron chi connectivity index (χ0n) is 12.0. The Morgan fingerprint density at radius 3 is 2.75 bits per heavy atom. The molecule has 0 amide bonds. The van der Waals surface area contributed by atoms with E-state index in [1.807, 2.05) is 0 Å². The van der Waals surface area contributed by atoms with Crippen molar-refractivity contribution in [2.45, 2.75) is 37.8 Å². The van der Waals surface area contributed by atoms with Crippen molar-refractivity contribution in [3.05, 3.63) is 0 Å². The number of rotatable bonds is 6. The third-order valence-corrected chi connectivity index (χ3v) is 5.60. The van der Waals surface area contributed by atoms with Gasteiger partial charge in [0.15, 0.2) is 9.84 Å². The molecule has 1 aliphatic heterocycles. The topological polar surface area (TPSA) is 75.7 Å². The molecule has 7 heteroatoms. The quantitative estimate of drug-likeness (QED) is 0.685. The molecule has 0 bridgehead atoms. The fourth-order valence-electron chi connectivity index (χ4n) is 2.47. The lowest BCUT2D eigenvalue weighted by Crippen LogP contribution is -2.42. The highest BCUT2D eigenvalue weighted by Crippen LogP contribution is 2.20. The minimum absolute atomic E-state index is 0.223. The molecule has 2 fully saturated rings. The van der Waals surface area contributed by atoms with Gasteiger partial charge in [-0.3, -0.25) is 4.79 Å². The van der Waals surface area contributed by atoms with Crippen LogP contribution in [0.4, 0.5) is 0 Å². The summed E-state index contributed by atoms with van der Waals surface area (Å²) in [5, 5.41) is 3.29. The molecule has 2 rings (SSSR count). The molecule has 0 spiro atoms. The average Bonchev–Trinajstić information content (AvgIpc) is 3.22. The van der Waals surface area contributed by atoms with Gasteiger partial charge in [0.1, 0.15) is 6.04 Å². The molecule has 1 unspecified atom stereocenters. The zero-order valence-corrected chi connectivity index (χ0v) is 12.8. The lowest BCUT2D eigenvalue weighted by Gasteiger charge is -2.22. The number of methoxy groups -OCH3 is 1. The Balaban J connectivity index is 1.80. The Bertz CT molecular complexity index is 434. The van der Waals surface area contributed by atoms with Crippen LogP contribution in [0.25, 0.3) is 0 Å². The Morgan fingerprint density at radius 1 is 1.35 bits per heavy atom. The van der Waals surface area contributed by atoms with Crippen LogP contribution >= 0.6 is 0 Å². The van der Waals surface area contributed by atoms with Crippen LogP contribution in [-0.4, -0.2) is 69.6 Å². The van der Waals surface area contributed by atoms with Crippen LogP contribution in [0.3, 0.4) is 0 Å². The molecule has 0 aromatic carbocycles. The number of carbonyl (C=O) groups is 1. The Kier molecular flexibility index (Phi) is 5.40. The molecule has 20 heavy (non-hydrogen) atoms. The van der Waals surface area contributed by atoms with Gasteiger partial charge in [-0.15, -0.1) is 0 Å². The first kappa shape index (κ1) is 15.7. The summed E-state index contributed by atoms with van der Waals surface area (Å²) in [7, 11) is -1.46. The highest BCUT2D eigenvalue weighted by molar-refractivity contribution is 7.91. The number of carbonyl (C=O) groups excluding carboxylic acids is 1. The number of sulfone groups is 1. The summed E-state index contributed by atoms with van der Waals surface area (Å²) in [6, 6.07) is 0.177. The van der Waals surface area contributed by atoms with Crippen LogP contribution in [-0.2, 0) is 19.4 Å². The summed E-state index contributed by atoms with van der Waals surface area (Å²) >= 11 is 0. The fraction of sp³-hybridized carbons (Fsp3) is 0.923. The molecule has 1 heterocycles. The molecule has 6 nitrogen and oxygen atoms in total. The van der Waals surface area contributed by atoms with Crippen molar-refractivity contribution in [2.24, 2.45) is 0 Å². The van der Waals surface area contributed by atoms with Crippen LogP contribution in [0.15, 0.2) is 0 Å². The molecule has 2 aliphatic rings. The van der Waals surface area contributed by atoms with E-state index in [4.69, 9.17) is 4.74 Å². The zero-order chi connectivity index (χ0) is 14.6. The Hall–Kier alpha value is -0.660. The van der Waals surface area contributed by atoms with Gasteiger partial charge in [-0.05, 0) is 32.2 Å². The smallest absolute Gasteiger partial charge is 0.322 e. The van der Waals surface area contributed by atoms with Crippen molar-refractivity contribution in [3.8, 4) is 0 Å². The van der Waals surface area contributed by atoms with Gasteiger partial charge < -0.3 is 15.0 Å². The number of nitrogens with one attached hydrogen (secondary N) is 1. The molecule has 0 aromatic heterocycles. The summed E-state index contributed by atoms with van der Waals surface area (Å²) in [4.78, 5) is 13.9. The Morgan fingerprint density at radius 2 is 2.10 bits per heavy atom. The van der Waals surface area contributed by atoms with Gasteiger partial charge in [-0.1, -0.05) is 0 Å². The highest BCUT2D eigenvalue weighted by Gasteiger charge is 2.29. The number of nitrogens with zero attached hydrogens (tertiary/aromatic N) is 1. The van der Waals surface area contributed by atoms with Crippen molar-refractivity contribution in [2.75, 3.05) is 38.2 Å². The van der Waals surface area contributed by atoms with Crippen LogP contribution in [0.2, 0.25) is 0 Å². The van der Waals surface area contributed by atoms with Crippen molar-refractivity contribution in [1.82, 2.24) is 10.2 Å². The second kappa shape index (κ2) is 6.87. The van der Waals surface area contributed by atoms with Crippen molar-refractivity contribution >= 4 is 15.8 Å². The van der Waals surface area contributed by atoms with E-state index in [1.54, 1.807) is 0 Å². The van der Waals surface area contributed by atoms with E-state index in [0.717, 1.165) is 25.9 Å². The van der Waals surface area contributed by atoms with Gasteiger partial charge >= 0.3 is 5.97 Å². The first-order valence-corrected chi connectivity index (χ1v) is 9.09. The second-order valence-electron chi connectivity index (χ2n) is 5.65. The van der Waals surface area contributed by atoms with Gasteiger partial charge in [0, 0.05) is 19.1 Å². The molecular formula is C13H24N2O4S. The number of hydrogen-bond donors (Lipinski definition) is 1. The second-order valence-corrected chi connectivity index (χ2v) is 7.96. The van der Waals surface area contributed by atoms with E-state index in [2.05, 4.69) is 10.2 Å². The summed E-state index contributed by atoms with van der Waals surface area (Å²) in [6.45, 7) is 2.09. The van der Waals surface area contributed by atoms with E-state index >= 15 is 0 Å². The summed E-state index contributed by atoms with van der Waals surface area (Å²) in [5.74, 6) is 0.287. The normalized spacial score (nSPS) is 24.9. The molecular weight excluding hydrogens is 280 g/mol. The minimum atomic E-state index is -2.87. The van der Waals surface area contributed by atoms with E-state index in [9.17, 15) is 13.2 Å². The number of ether oxygens (including phenoxy) is 1. The van der Waals surface area contributed by atoms with E-state index < -0.39 is 9.84 Å². The standard InChI is InChI=1S/C13H24N2O4S/c1-19-13(16)12(14-11-3-4-11)5-7-15-6-2-9-20(17,18)10-8-15/h11-12,14H,2-10H2,1H3. The largest absolute Gasteiger partial charge is 0.468 e. The molecule has 1 N–H and O–H groups in total. The first-order chi connectivity index (χ1) is 9.50. The maximum absolute atomic E-state index is 11.7. The summed E-state index contributed by atoms with van der Waals surface area (Å²) < 4.78 is 27.9. The molecule has 0 radical (unpaired) electrons. The van der Waals surface area contributed by atoms with E-state index in [0.29, 0.717) is 25.4 Å². The van der Waals surface area contributed by atoms with Gasteiger partial charge in [0.2, 0.25) is 0 Å². The monoisotopic (exact) mass is 304 g/mol. The van der Waals surface area contributed by atoms with E-state index in [1.165, 1.54) is 7.11 Å². The molecule has 116 valence electrons. The van der Waals surface area contributed by atoms with Crippen LogP contribution in [0, 0.1) is 0 Å². The predicted octanol–water partition coefficient (Wildman–Crippen LogP) is -0.209. The van der Waals surface area contributed by atoms with Crippen LogP contribution < -0.4 is 5.32 Å². The maximum Gasteiger partial charge on any atom is 0.322 e. The predicted molar refractivity (Wildman–Crippen MR) is 76.3 cm³/mol. The molecule has 1 saturated heterocycles. The number of esters is 1. The van der Waals surface area contributed by atoms with Gasteiger partial charge in [0.25, 0.3) is 0 Å². The lowest BCUT2D eigenvalue weighted by molar-refractivity contribution is -0.143. The molecule has 0 aromatic rings. The number of hydrogen-bond acceptors (Lipinski definition) is 6. The maximum atomic E-state index is 11.7. The molecule has 1 saturated carbocycles. The van der Waals surface area contributed by atoms with Crippen molar-refractivity contribution in [3.63, 3.8) is 0 Å². The molecule has 1 aliphatic carbocycles. The minimum Gasteiger partial charge on any atom is -0.468 e. The Labute approximate surface area is 120 Å². The van der Waals surface area contributed by atoms with E-state index in [-0.39, 0.29) is 23.5 Å². The highest BCUT2D eigenvalue weighted by atomic mass is 32.2. The fourth-order valence-corrected chi connectivity index (χ4v) is 3.78.